The Kier molecular flexibility index (Phi) is 5.77. The lowest BCUT2D eigenvalue weighted by Gasteiger charge is -2.19. The van der Waals surface area contributed by atoms with Crippen molar-refractivity contribution in [2.75, 3.05) is 16.8 Å². The molecule has 2 unspecified atom stereocenters. The Balaban J connectivity index is 1.33. The van der Waals surface area contributed by atoms with Crippen LogP contribution < -0.4 is 15.5 Å². The van der Waals surface area contributed by atoms with Crippen LogP contribution in [0.2, 0.25) is 5.02 Å². The van der Waals surface area contributed by atoms with Crippen molar-refractivity contribution in [1.29, 1.82) is 0 Å². The first-order chi connectivity index (χ1) is 14.4. The first-order valence-corrected chi connectivity index (χ1v) is 10.6. The number of rotatable bonds is 6. The number of nitrogens with one attached hydrogen (secondary N) is 2. The molecule has 30 heavy (non-hydrogen) atoms. The van der Waals surface area contributed by atoms with E-state index in [1.165, 1.54) is 0 Å². The van der Waals surface area contributed by atoms with E-state index >= 15 is 0 Å². The summed E-state index contributed by atoms with van der Waals surface area (Å²) in [5.41, 5.74) is 2.44. The van der Waals surface area contributed by atoms with E-state index in [4.69, 9.17) is 11.6 Å². The molecule has 2 aromatic carbocycles. The summed E-state index contributed by atoms with van der Waals surface area (Å²) >= 11 is 5.91. The van der Waals surface area contributed by atoms with Crippen LogP contribution in [0.3, 0.4) is 0 Å². The van der Waals surface area contributed by atoms with E-state index in [0.29, 0.717) is 11.6 Å². The summed E-state index contributed by atoms with van der Waals surface area (Å²) in [7, 11) is 0. The smallest absolute Gasteiger partial charge is 0.227 e. The van der Waals surface area contributed by atoms with Crippen LogP contribution in [0.25, 0.3) is 0 Å². The number of carbonyl (C=O) groups excluding carboxylic acids is 3. The standard InChI is InChI=1S/C23H24ClN3O3/c1-14(15-4-8-19(9-5-15)26-22(29)16-2-3-16)25-23(30)17-12-21(28)27(13-17)20-10-6-18(24)7-11-20/h4-11,14,16-17H,2-3,12-13H2,1H3,(H,25,30)(H,26,29). The van der Waals surface area contributed by atoms with Crippen LogP contribution in [0.1, 0.15) is 37.8 Å². The van der Waals surface area contributed by atoms with Crippen LogP contribution in [-0.2, 0) is 14.4 Å². The fraction of sp³-hybridized carbons (Fsp3) is 0.348. The lowest BCUT2D eigenvalue weighted by Crippen LogP contribution is -2.34. The molecule has 156 valence electrons. The molecular weight excluding hydrogens is 402 g/mol. The highest BCUT2D eigenvalue weighted by molar-refractivity contribution is 6.30. The zero-order valence-corrected chi connectivity index (χ0v) is 17.5. The van der Waals surface area contributed by atoms with Gasteiger partial charge in [-0.05, 0) is 61.7 Å². The summed E-state index contributed by atoms with van der Waals surface area (Å²) in [4.78, 5) is 38.6. The van der Waals surface area contributed by atoms with Crippen molar-refractivity contribution >= 4 is 40.7 Å². The van der Waals surface area contributed by atoms with E-state index in [0.717, 1.165) is 29.8 Å². The van der Waals surface area contributed by atoms with E-state index < -0.39 is 5.92 Å². The van der Waals surface area contributed by atoms with Crippen molar-refractivity contribution < 1.29 is 14.4 Å². The molecule has 7 heteroatoms. The van der Waals surface area contributed by atoms with Crippen LogP contribution in [0.4, 0.5) is 11.4 Å². The van der Waals surface area contributed by atoms with Gasteiger partial charge in [-0.2, -0.15) is 0 Å². The molecule has 1 saturated heterocycles. The molecule has 2 atom stereocenters. The molecule has 2 aliphatic rings. The molecule has 0 radical (unpaired) electrons. The van der Waals surface area contributed by atoms with E-state index in [2.05, 4.69) is 10.6 Å². The van der Waals surface area contributed by atoms with Gasteiger partial charge < -0.3 is 15.5 Å². The summed E-state index contributed by atoms with van der Waals surface area (Å²) in [6, 6.07) is 14.3. The summed E-state index contributed by atoms with van der Waals surface area (Å²) < 4.78 is 0. The Hall–Kier alpha value is -2.86. The van der Waals surface area contributed by atoms with Crippen molar-refractivity contribution in [2.45, 2.75) is 32.2 Å². The number of carbonyl (C=O) groups is 3. The van der Waals surface area contributed by atoms with Crippen LogP contribution >= 0.6 is 11.6 Å². The van der Waals surface area contributed by atoms with Gasteiger partial charge in [0.15, 0.2) is 0 Å². The highest BCUT2D eigenvalue weighted by Crippen LogP contribution is 2.30. The van der Waals surface area contributed by atoms with Gasteiger partial charge in [-0.1, -0.05) is 23.7 Å². The molecule has 2 aromatic rings. The zero-order chi connectivity index (χ0) is 21.3. The second-order valence-corrected chi connectivity index (χ2v) is 8.43. The average Bonchev–Trinajstić information content (AvgIpc) is 3.51. The number of nitrogens with zero attached hydrogens (tertiary/aromatic N) is 1. The Morgan fingerprint density at radius 2 is 1.67 bits per heavy atom. The SMILES string of the molecule is CC(NC(=O)C1CC(=O)N(c2ccc(Cl)cc2)C1)c1ccc(NC(=O)C2CC2)cc1. The topological polar surface area (TPSA) is 78.5 Å². The Bertz CT molecular complexity index is 955. The van der Waals surface area contributed by atoms with Crippen LogP contribution in [0, 0.1) is 11.8 Å². The fourth-order valence-electron chi connectivity index (χ4n) is 3.61. The number of halogens is 1. The van der Waals surface area contributed by atoms with Gasteiger partial charge in [-0.3, -0.25) is 14.4 Å². The normalized spacial score (nSPS) is 19.5. The molecule has 4 rings (SSSR count). The zero-order valence-electron chi connectivity index (χ0n) is 16.7. The molecular formula is C23H24ClN3O3. The first kappa shape index (κ1) is 20.4. The van der Waals surface area contributed by atoms with E-state index in [-0.39, 0.29) is 36.1 Å². The molecule has 0 aromatic heterocycles. The second-order valence-electron chi connectivity index (χ2n) is 8.00. The lowest BCUT2D eigenvalue weighted by molar-refractivity contribution is -0.126. The van der Waals surface area contributed by atoms with E-state index in [1.54, 1.807) is 29.2 Å². The van der Waals surface area contributed by atoms with Crippen molar-refractivity contribution in [3.63, 3.8) is 0 Å². The molecule has 6 nitrogen and oxygen atoms in total. The van der Waals surface area contributed by atoms with E-state index in [1.807, 2.05) is 31.2 Å². The Labute approximate surface area is 180 Å². The summed E-state index contributed by atoms with van der Waals surface area (Å²) in [5, 5.41) is 6.51. The number of hydrogen-bond donors (Lipinski definition) is 2. The van der Waals surface area contributed by atoms with Crippen LogP contribution in [0.5, 0.6) is 0 Å². The number of benzene rings is 2. The minimum absolute atomic E-state index is 0.0686. The van der Waals surface area contributed by atoms with Crippen LogP contribution in [0.15, 0.2) is 48.5 Å². The maximum atomic E-state index is 12.7. The summed E-state index contributed by atoms with van der Waals surface area (Å²) in [6.07, 6.45) is 2.12. The second kappa shape index (κ2) is 8.48. The third-order valence-electron chi connectivity index (χ3n) is 5.62. The molecule has 3 amide bonds. The summed E-state index contributed by atoms with van der Waals surface area (Å²) in [5.74, 6) is -0.378. The van der Waals surface area contributed by atoms with Gasteiger partial charge in [-0.25, -0.2) is 0 Å². The fourth-order valence-corrected chi connectivity index (χ4v) is 3.74. The van der Waals surface area contributed by atoms with Gasteiger partial charge >= 0.3 is 0 Å². The van der Waals surface area contributed by atoms with Crippen molar-refractivity contribution in [2.24, 2.45) is 11.8 Å². The predicted octanol–water partition coefficient (Wildman–Crippen LogP) is 3.92. The van der Waals surface area contributed by atoms with Gasteiger partial charge in [0.2, 0.25) is 17.7 Å². The molecule has 0 spiro atoms. The maximum absolute atomic E-state index is 12.7. The minimum Gasteiger partial charge on any atom is -0.349 e. The Morgan fingerprint density at radius 1 is 1.00 bits per heavy atom. The summed E-state index contributed by atoms with van der Waals surface area (Å²) in [6.45, 7) is 2.26. The quantitative estimate of drug-likeness (QED) is 0.736. The molecule has 2 N–H and O–H groups in total. The van der Waals surface area contributed by atoms with Crippen molar-refractivity contribution in [3.8, 4) is 0 Å². The lowest BCUT2D eigenvalue weighted by atomic mass is 10.0. The van der Waals surface area contributed by atoms with Crippen molar-refractivity contribution in [3.05, 3.63) is 59.1 Å². The van der Waals surface area contributed by atoms with Gasteiger partial charge in [0.05, 0.1) is 12.0 Å². The average molecular weight is 426 g/mol. The first-order valence-electron chi connectivity index (χ1n) is 10.2. The third kappa shape index (κ3) is 4.65. The van der Waals surface area contributed by atoms with Crippen LogP contribution in [-0.4, -0.2) is 24.3 Å². The molecule has 1 aliphatic carbocycles. The van der Waals surface area contributed by atoms with Gasteiger partial charge in [-0.15, -0.1) is 0 Å². The number of anilines is 2. The minimum atomic E-state index is -0.396. The van der Waals surface area contributed by atoms with Gasteiger partial charge in [0.1, 0.15) is 0 Å². The van der Waals surface area contributed by atoms with Crippen molar-refractivity contribution in [1.82, 2.24) is 5.32 Å². The third-order valence-corrected chi connectivity index (χ3v) is 5.87. The van der Waals surface area contributed by atoms with Gasteiger partial charge in [0.25, 0.3) is 0 Å². The maximum Gasteiger partial charge on any atom is 0.227 e. The monoisotopic (exact) mass is 425 g/mol. The number of hydrogen-bond acceptors (Lipinski definition) is 3. The van der Waals surface area contributed by atoms with Gasteiger partial charge in [0, 0.05) is 35.3 Å². The highest BCUT2D eigenvalue weighted by Gasteiger charge is 2.35. The largest absolute Gasteiger partial charge is 0.349 e. The molecule has 1 heterocycles. The molecule has 0 bridgehead atoms. The molecule has 2 fully saturated rings. The predicted molar refractivity (Wildman–Crippen MR) is 116 cm³/mol. The molecule has 1 aliphatic heterocycles. The number of amides is 3. The van der Waals surface area contributed by atoms with E-state index in [9.17, 15) is 14.4 Å². The Morgan fingerprint density at radius 3 is 2.30 bits per heavy atom. The molecule has 1 saturated carbocycles. The highest BCUT2D eigenvalue weighted by atomic mass is 35.5.